The zero-order valence-corrected chi connectivity index (χ0v) is 14.0. The molecule has 1 unspecified atom stereocenters. The molecule has 4 nitrogen and oxygen atoms in total. The third kappa shape index (κ3) is 4.31. The molecule has 22 heavy (non-hydrogen) atoms. The number of likely N-dealkylation sites (tertiary alicyclic amines) is 1. The SMILES string of the molecule is CCN(Cc1ccc(C(=O)N2CCCC(O)C2)cc1)C(C)C. The molecule has 1 saturated heterocycles. The summed E-state index contributed by atoms with van der Waals surface area (Å²) in [5.41, 5.74) is 1.94. The maximum Gasteiger partial charge on any atom is 0.253 e. The molecule has 2 rings (SSSR count). The van der Waals surface area contributed by atoms with E-state index in [0.717, 1.165) is 32.5 Å². The van der Waals surface area contributed by atoms with Crippen LogP contribution in [0, 0.1) is 0 Å². The normalized spacial score (nSPS) is 19.0. The average molecular weight is 304 g/mol. The van der Waals surface area contributed by atoms with Crippen LogP contribution >= 0.6 is 0 Å². The Balaban J connectivity index is 2.00. The van der Waals surface area contributed by atoms with Crippen molar-refractivity contribution in [3.63, 3.8) is 0 Å². The minimum Gasteiger partial charge on any atom is -0.391 e. The summed E-state index contributed by atoms with van der Waals surface area (Å²) in [4.78, 5) is 16.6. The number of benzene rings is 1. The van der Waals surface area contributed by atoms with E-state index in [0.29, 0.717) is 18.2 Å². The van der Waals surface area contributed by atoms with Crippen LogP contribution in [0.4, 0.5) is 0 Å². The van der Waals surface area contributed by atoms with E-state index in [9.17, 15) is 9.90 Å². The summed E-state index contributed by atoms with van der Waals surface area (Å²) >= 11 is 0. The van der Waals surface area contributed by atoms with Gasteiger partial charge in [-0.25, -0.2) is 0 Å². The van der Waals surface area contributed by atoms with Gasteiger partial charge in [0, 0.05) is 31.2 Å². The molecular weight excluding hydrogens is 276 g/mol. The van der Waals surface area contributed by atoms with Crippen LogP contribution < -0.4 is 0 Å². The van der Waals surface area contributed by atoms with Crippen molar-refractivity contribution in [1.82, 2.24) is 9.80 Å². The Morgan fingerprint density at radius 1 is 1.36 bits per heavy atom. The van der Waals surface area contributed by atoms with E-state index in [1.165, 1.54) is 5.56 Å². The third-order valence-corrected chi connectivity index (χ3v) is 4.41. The van der Waals surface area contributed by atoms with Crippen LogP contribution in [0.1, 0.15) is 49.5 Å². The van der Waals surface area contributed by atoms with Crippen molar-refractivity contribution in [2.24, 2.45) is 0 Å². The van der Waals surface area contributed by atoms with Gasteiger partial charge in [-0.15, -0.1) is 0 Å². The zero-order chi connectivity index (χ0) is 16.1. The van der Waals surface area contributed by atoms with Gasteiger partial charge in [-0.1, -0.05) is 19.1 Å². The van der Waals surface area contributed by atoms with Crippen LogP contribution in [0.2, 0.25) is 0 Å². The molecule has 0 spiro atoms. The number of carbonyl (C=O) groups is 1. The monoisotopic (exact) mass is 304 g/mol. The van der Waals surface area contributed by atoms with Gasteiger partial charge in [-0.05, 0) is 50.9 Å². The van der Waals surface area contributed by atoms with Crippen molar-refractivity contribution in [2.75, 3.05) is 19.6 Å². The lowest BCUT2D eigenvalue weighted by Gasteiger charge is -2.30. The molecule has 1 N–H and O–H groups in total. The minimum atomic E-state index is -0.374. The van der Waals surface area contributed by atoms with Gasteiger partial charge >= 0.3 is 0 Å². The topological polar surface area (TPSA) is 43.8 Å². The molecule has 122 valence electrons. The fraction of sp³-hybridized carbons (Fsp3) is 0.611. The third-order valence-electron chi connectivity index (χ3n) is 4.41. The molecule has 0 aliphatic carbocycles. The molecule has 0 radical (unpaired) electrons. The number of amides is 1. The van der Waals surface area contributed by atoms with Crippen molar-refractivity contribution in [3.8, 4) is 0 Å². The second-order valence-electron chi connectivity index (χ2n) is 6.40. The van der Waals surface area contributed by atoms with Crippen molar-refractivity contribution in [3.05, 3.63) is 35.4 Å². The Morgan fingerprint density at radius 2 is 2.05 bits per heavy atom. The maximum absolute atomic E-state index is 12.4. The number of piperidine rings is 1. The highest BCUT2D eigenvalue weighted by atomic mass is 16.3. The van der Waals surface area contributed by atoms with Crippen molar-refractivity contribution >= 4 is 5.91 Å². The van der Waals surface area contributed by atoms with Gasteiger partial charge in [0.2, 0.25) is 0 Å². The molecule has 1 amide bonds. The van der Waals surface area contributed by atoms with E-state index in [4.69, 9.17) is 0 Å². The van der Waals surface area contributed by atoms with E-state index in [2.05, 4.69) is 25.7 Å². The molecule has 0 bridgehead atoms. The molecule has 1 fully saturated rings. The van der Waals surface area contributed by atoms with E-state index in [1.54, 1.807) is 4.90 Å². The molecule has 0 aromatic heterocycles. The van der Waals surface area contributed by atoms with Crippen LogP contribution in [-0.2, 0) is 6.54 Å². The Bertz CT molecular complexity index is 484. The summed E-state index contributed by atoms with van der Waals surface area (Å²) in [6.45, 7) is 9.69. The molecule has 0 saturated carbocycles. The molecule has 1 aliphatic rings. The van der Waals surface area contributed by atoms with Gasteiger partial charge in [-0.2, -0.15) is 0 Å². The first-order valence-electron chi connectivity index (χ1n) is 8.31. The lowest BCUT2D eigenvalue weighted by molar-refractivity contribution is 0.0473. The smallest absolute Gasteiger partial charge is 0.253 e. The standard InChI is InChI=1S/C18H28N2O2/c1-4-19(14(2)3)12-15-7-9-16(10-8-15)18(22)20-11-5-6-17(21)13-20/h7-10,14,17,21H,4-6,11-13H2,1-3H3. The first-order chi connectivity index (χ1) is 10.5. The van der Waals surface area contributed by atoms with Crippen molar-refractivity contribution < 1.29 is 9.90 Å². The number of hydrogen-bond donors (Lipinski definition) is 1. The van der Waals surface area contributed by atoms with Crippen molar-refractivity contribution in [1.29, 1.82) is 0 Å². The molecule has 1 heterocycles. The summed E-state index contributed by atoms with van der Waals surface area (Å²) in [6, 6.07) is 8.41. The number of nitrogens with zero attached hydrogens (tertiary/aromatic N) is 2. The molecule has 1 aliphatic heterocycles. The highest BCUT2D eigenvalue weighted by Crippen LogP contribution is 2.15. The summed E-state index contributed by atoms with van der Waals surface area (Å²) in [7, 11) is 0. The Hall–Kier alpha value is -1.39. The number of aliphatic hydroxyl groups is 1. The summed E-state index contributed by atoms with van der Waals surface area (Å²) < 4.78 is 0. The van der Waals surface area contributed by atoms with E-state index >= 15 is 0 Å². The van der Waals surface area contributed by atoms with Crippen LogP contribution in [0.15, 0.2) is 24.3 Å². The molecule has 1 aromatic rings. The Morgan fingerprint density at radius 3 is 2.59 bits per heavy atom. The van der Waals surface area contributed by atoms with Gasteiger partial charge in [0.05, 0.1) is 6.10 Å². The van der Waals surface area contributed by atoms with Crippen molar-refractivity contribution in [2.45, 2.75) is 52.3 Å². The van der Waals surface area contributed by atoms with Gasteiger partial charge < -0.3 is 10.0 Å². The second-order valence-corrected chi connectivity index (χ2v) is 6.40. The first-order valence-corrected chi connectivity index (χ1v) is 8.31. The van der Waals surface area contributed by atoms with Crippen LogP contribution in [0.5, 0.6) is 0 Å². The molecule has 4 heteroatoms. The van der Waals surface area contributed by atoms with Gasteiger partial charge in [0.15, 0.2) is 0 Å². The summed E-state index contributed by atoms with van der Waals surface area (Å²) in [6.07, 6.45) is 1.30. The number of aliphatic hydroxyl groups excluding tert-OH is 1. The predicted octanol–water partition coefficient (Wildman–Crippen LogP) is 2.51. The molecule has 1 aromatic carbocycles. The summed E-state index contributed by atoms with van der Waals surface area (Å²) in [5.74, 6) is 0.0292. The van der Waals surface area contributed by atoms with Gasteiger partial charge in [0.1, 0.15) is 0 Å². The van der Waals surface area contributed by atoms with Crippen LogP contribution in [-0.4, -0.2) is 52.6 Å². The number of hydrogen-bond acceptors (Lipinski definition) is 3. The first kappa shape index (κ1) is 17.0. The van der Waals surface area contributed by atoms with Gasteiger partial charge in [-0.3, -0.25) is 9.69 Å². The van der Waals surface area contributed by atoms with E-state index < -0.39 is 0 Å². The largest absolute Gasteiger partial charge is 0.391 e. The fourth-order valence-electron chi connectivity index (χ4n) is 2.97. The Kier molecular flexibility index (Phi) is 5.98. The number of rotatable bonds is 5. The van der Waals surface area contributed by atoms with E-state index in [1.807, 2.05) is 24.3 Å². The highest BCUT2D eigenvalue weighted by Gasteiger charge is 2.22. The van der Waals surface area contributed by atoms with E-state index in [-0.39, 0.29) is 12.0 Å². The minimum absolute atomic E-state index is 0.0292. The quantitative estimate of drug-likeness (QED) is 0.909. The lowest BCUT2D eigenvalue weighted by Crippen LogP contribution is -2.42. The average Bonchev–Trinajstić information content (AvgIpc) is 2.52. The number of β-amino-alcohol motifs (C(OH)–C–C–N with tert-alkyl or cyclic N) is 1. The van der Waals surface area contributed by atoms with Crippen LogP contribution in [0.25, 0.3) is 0 Å². The van der Waals surface area contributed by atoms with Crippen LogP contribution in [0.3, 0.4) is 0 Å². The second kappa shape index (κ2) is 7.75. The highest BCUT2D eigenvalue weighted by molar-refractivity contribution is 5.94. The predicted molar refractivity (Wildman–Crippen MR) is 88.8 cm³/mol. The molecule has 1 atom stereocenters. The Labute approximate surface area is 133 Å². The van der Waals surface area contributed by atoms with Gasteiger partial charge in [0.25, 0.3) is 5.91 Å². The fourth-order valence-corrected chi connectivity index (χ4v) is 2.97. The lowest BCUT2D eigenvalue weighted by atomic mass is 10.1. The zero-order valence-electron chi connectivity index (χ0n) is 14.0. The molecular formula is C18H28N2O2. The number of carbonyl (C=O) groups excluding carboxylic acids is 1. The summed E-state index contributed by atoms with van der Waals surface area (Å²) in [5, 5.41) is 9.70. The maximum atomic E-state index is 12.4.